The molecule has 1 heterocycles. The second-order valence-corrected chi connectivity index (χ2v) is 5.98. The van der Waals surface area contributed by atoms with Gasteiger partial charge in [0.15, 0.2) is 0 Å². The summed E-state index contributed by atoms with van der Waals surface area (Å²) < 4.78 is 0. The van der Waals surface area contributed by atoms with E-state index >= 15 is 0 Å². The highest BCUT2D eigenvalue weighted by Crippen LogP contribution is 2.24. The van der Waals surface area contributed by atoms with Gasteiger partial charge < -0.3 is 0 Å². The number of barbiturate groups is 1. The molecular formula is C19H15ClN2O3. The Balaban J connectivity index is 1.78. The highest BCUT2D eigenvalue weighted by molar-refractivity contribution is 6.31. The molecule has 1 atom stereocenters. The second kappa shape index (κ2) is 7.32. The Morgan fingerprint density at radius 3 is 2.36 bits per heavy atom. The van der Waals surface area contributed by atoms with E-state index in [1.54, 1.807) is 30.3 Å². The Morgan fingerprint density at radius 2 is 1.68 bits per heavy atom. The first-order valence-corrected chi connectivity index (χ1v) is 8.10. The molecule has 0 aromatic heterocycles. The van der Waals surface area contributed by atoms with E-state index in [1.807, 2.05) is 36.4 Å². The fraction of sp³-hybridized carbons (Fsp3) is 0.105. The van der Waals surface area contributed by atoms with Crippen molar-refractivity contribution in [3.05, 3.63) is 71.3 Å². The molecule has 0 saturated carbocycles. The average molecular weight is 355 g/mol. The van der Waals surface area contributed by atoms with Gasteiger partial charge in [0.1, 0.15) is 5.92 Å². The molecule has 4 amide bonds. The molecule has 1 saturated heterocycles. The van der Waals surface area contributed by atoms with Gasteiger partial charge in [-0.15, -0.1) is 0 Å². The number of nitrogens with zero attached hydrogens (tertiary/aromatic N) is 1. The fourth-order valence-corrected chi connectivity index (χ4v) is 2.69. The smallest absolute Gasteiger partial charge is 0.277 e. The summed E-state index contributed by atoms with van der Waals surface area (Å²) in [5.41, 5.74) is 1.34. The van der Waals surface area contributed by atoms with Crippen molar-refractivity contribution in [1.82, 2.24) is 5.32 Å². The number of rotatable bonds is 4. The van der Waals surface area contributed by atoms with Crippen molar-refractivity contribution in [2.75, 3.05) is 4.90 Å². The number of hydrogen-bond donors (Lipinski definition) is 1. The highest BCUT2D eigenvalue weighted by Gasteiger charge is 2.40. The Bertz CT molecular complexity index is 832. The lowest BCUT2D eigenvalue weighted by Gasteiger charge is -2.29. The van der Waals surface area contributed by atoms with Crippen LogP contribution < -0.4 is 10.2 Å². The zero-order valence-electron chi connectivity index (χ0n) is 13.2. The number of anilines is 1. The van der Waals surface area contributed by atoms with Gasteiger partial charge in [-0.05, 0) is 36.2 Å². The van der Waals surface area contributed by atoms with Crippen LogP contribution in [-0.4, -0.2) is 17.8 Å². The first-order valence-electron chi connectivity index (χ1n) is 7.72. The first kappa shape index (κ1) is 16.9. The van der Waals surface area contributed by atoms with Crippen molar-refractivity contribution in [1.29, 1.82) is 0 Å². The number of hydrogen-bond acceptors (Lipinski definition) is 3. The zero-order valence-corrected chi connectivity index (χ0v) is 13.9. The van der Waals surface area contributed by atoms with Crippen LogP contribution in [0.2, 0.25) is 5.02 Å². The maximum Gasteiger partial charge on any atom is 0.335 e. The molecule has 126 valence electrons. The van der Waals surface area contributed by atoms with Gasteiger partial charge in [-0.25, -0.2) is 9.69 Å². The van der Waals surface area contributed by atoms with Crippen molar-refractivity contribution in [2.45, 2.75) is 6.42 Å². The normalized spacial score (nSPS) is 17.9. The summed E-state index contributed by atoms with van der Waals surface area (Å²) in [6.07, 6.45) is 3.80. The standard InChI is InChI=1S/C19H15ClN2O3/c20-14-9-11-15(12-10-14)22-18(24)16(17(23)21-19(22)25)8-4-7-13-5-2-1-3-6-13/h1-7,9-12,16H,8H2,(H,21,23,25)/b7-4+. The third-order valence-electron chi connectivity index (χ3n) is 3.83. The molecule has 1 unspecified atom stereocenters. The van der Waals surface area contributed by atoms with Crippen molar-refractivity contribution in [3.8, 4) is 0 Å². The number of carbonyl (C=O) groups is 3. The Hall–Kier alpha value is -2.92. The van der Waals surface area contributed by atoms with Gasteiger partial charge in [-0.3, -0.25) is 14.9 Å². The van der Waals surface area contributed by atoms with Crippen LogP contribution in [0.3, 0.4) is 0 Å². The number of nitrogens with one attached hydrogen (secondary N) is 1. The summed E-state index contributed by atoms with van der Waals surface area (Å²) in [5.74, 6) is -2.08. The Labute approximate surface area is 149 Å². The number of urea groups is 1. The Morgan fingerprint density at radius 1 is 1.00 bits per heavy atom. The summed E-state index contributed by atoms with van der Waals surface area (Å²) in [6, 6.07) is 15.1. The van der Waals surface area contributed by atoms with Crippen LogP contribution in [0.15, 0.2) is 60.7 Å². The number of halogens is 1. The summed E-state index contributed by atoms with van der Waals surface area (Å²) >= 11 is 5.83. The molecular weight excluding hydrogens is 340 g/mol. The Kier molecular flexibility index (Phi) is 4.95. The number of amides is 4. The molecule has 2 aromatic carbocycles. The van der Waals surface area contributed by atoms with E-state index in [-0.39, 0.29) is 6.42 Å². The monoisotopic (exact) mass is 354 g/mol. The van der Waals surface area contributed by atoms with E-state index in [0.29, 0.717) is 10.7 Å². The van der Waals surface area contributed by atoms with Crippen molar-refractivity contribution in [2.24, 2.45) is 5.92 Å². The van der Waals surface area contributed by atoms with Crippen LogP contribution >= 0.6 is 11.6 Å². The van der Waals surface area contributed by atoms with Crippen molar-refractivity contribution >= 4 is 41.2 Å². The maximum atomic E-state index is 12.7. The van der Waals surface area contributed by atoms with Crippen LogP contribution in [0.4, 0.5) is 10.5 Å². The largest absolute Gasteiger partial charge is 0.335 e. The molecule has 1 fully saturated rings. The van der Waals surface area contributed by atoms with E-state index in [1.165, 1.54) is 0 Å². The van der Waals surface area contributed by atoms with E-state index in [4.69, 9.17) is 11.6 Å². The minimum atomic E-state index is -0.951. The number of carbonyl (C=O) groups excluding carboxylic acids is 3. The zero-order chi connectivity index (χ0) is 17.8. The summed E-state index contributed by atoms with van der Waals surface area (Å²) in [5, 5.41) is 2.72. The van der Waals surface area contributed by atoms with Crippen molar-refractivity contribution < 1.29 is 14.4 Å². The number of benzene rings is 2. The van der Waals surface area contributed by atoms with E-state index in [9.17, 15) is 14.4 Å². The number of imide groups is 2. The average Bonchev–Trinajstić information content (AvgIpc) is 2.60. The van der Waals surface area contributed by atoms with Crippen LogP contribution in [0.25, 0.3) is 6.08 Å². The second-order valence-electron chi connectivity index (χ2n) is 5.55. The quantitative estimate of drug-likeness (QED) is 0.852. The molecule has 1 aliphatic heterocycles. The minimum Gasteiger partial charge on any atom is -0.277 e. The maximum absolute atomic E-state index is 12.7. The molecule has 5 nitrogen and oxygen atoms in total. The van der Waals surface area contributed by atoms with Gasteiger partial charge in [0.05, 0.1) is 5.69 Å². The van der Waals surface area contributed by atoms with Crippen LogP contribution in [0, 0.1) is 5.92 Å². The summed E-state index contributed by atoms with van der Waals surface area (Å²) in [7, 11) is 0. The van der Waals surface area contributed by atoms with Gasteiger partial charge in [-0.1, -0.05) is 54.1 Å². The lowest BCUT2D eigenvalue weighted by molar-refractivity contribution is -0.134. The molecule has 0 spiro atoms. The van der Waals surface area contributed by atoms with Gasteiger partial charge in [0, 0.05) is 5.02 Å². The lowest BCUT2D eigenvalue weighted by Crippen LogP contribution is -2.58. The molecule has 0 bridgehead atoms. The van der Waals surface area contributed by atoms with Crippen molar-refractivity contribution in [3.63, 3.8) is 0 Å². The van der Waals surface area contributed by atoms with E-state index in [0.717, 1.165) is 10.5 Å². The molecule has 1 N–H and O–H groups in total. The fourth-order valence-electron chi connectivity index (χ4n) is 2.56. The lowest BCUT2D eigenvalue weighted by atomic mass is 9.99. The predicted molar refractivity (Wildman–Crippen MR) is 96.1 cm³/mol. The van der Waals surface area contributed by atoms with Crippen LogP contribution in [0.5, 0.6) is 0 Å². The van der Waals surface area contributed by atoms with Gasteiger partial charge in [-0.2, -0.15) is 0 Å². The van der Waals surface area contributed by atoms with Gasteiger partial charge in [0.2, 0.25) is 11.8 Å². The van der Waals surface area contributed by atoms with E-state index < -0.39 is 23.8 Å². The summed E-state index contributed by atoms with van der Waals surface area (Å²) in [4.78, 5) is 37.7. The van der Waals surface area contributed by atoms with Gasteiger partial charge >= 0.3 is 6.03 Å². The summed E-state index contributed by atoms with van der Waals surface area (Å²) in [6.45, 7) is 0. The minimum absolute atomic E-state index is 0.205. The number of allylic oxidation sites excluding steroid dienone is 1. The molecule has 1 aliphatic rings. The molecule has 2 aromatic rings. The molecule has 25 heavy (non-hydrogen) atoms. The third kappa shape index (κ3) is 3.78. The molecule has 0 radical (unpaired) electrons. The van der Waals surface area contributed by atoms with Crippen LogP contribution in [-0.2, 0) is 9.59 Å². The molecule has 3 rings (SSSR count). The predicted octanol–water partition coefficient (Wildman–Crippen LogP) is 3.64. The highest BCUT2D eigenvalue weighted by atomic mass is 35.5. The topological polar surface area (TPSA) is 66.5 Å². The third-order valence-corrected chi connectivity index (χ3v) is 4.09. The molecule has 0 aliphatic carbocycles. The van der Waals surface area contributed by atoms with Gasteiger partial charge in [0.25, 0.3) is 0 Å². The first-order chi connectivity index (χ1) is 12.1. The van der Waals surface area contributed by atoms with Crippen LogP contribution in [0.1, 0.15) is 12.0 Å². The van der Waals surface area contributed by atoms with E-state index in [2.05, 4.69) is 5.32 Å². The SMILES string of the molecule is O=C1NC(=O)N(c2ccc(Cl)cc2)C(=O)C1C/C=C/c1ccccc1. The molecule has 6 heteroatoms.